The molecule has 3 rings (SSSR count). The zero-order valence-corrected chi connectivity index (χ0v) is 13.4. The quantitative estimate of drug-likeness (QED) is 0.479. The van der Waals surface area contributed by atoms with Crippen LogP contribution >= 0.6 is 0 Å². The Bertz CT molecular complexity index is 827. The van der Waals surface area contributed by atoms with Gasteiger partial charge in [0.25, 0.3) is 0 Å². The maximum absolute atomic E-state index is 4.38. The number of azo groups is 2. The Morgan fingerprint density at radius 2 is 1.21 bits per heavy atom. The van der Waals surface area contributed by atoms with E-state index in [1.807, 2.05) is 91.9 Å². The van der Waals surface area contributed by atoms with E-state index in [0.717, 1.165) is 22.5 Å². The molecule has 0 radical (unpaired) electrons. The summed E-state index contributed by atoms with van der Waals surface area (Å²) in [7, 11) is 0. The first-order valence-corrected chi connectivity index (χ1v) is 7.80. The monoisotopic (exact) mass is 314 g/mol. The minimum absolute atomic E-state index is 0.466. The van der Waals surface area contributed by atoms with Gasteiger partial charge >= 0.3 is 0 Å². The molecule has 0 saturated heterocycles. The van der Waals surface area contributed by atoms with Crippen LogP contribution in [-0.2, 0) is 0 Å². The fourth-order valence-corrected chi connectivity index (χ4v) is 2.21. The molecule has 0 heterocycles. The molecule has 24 heavy (non-hydrogen) atoms. The minimum Gasteiger partial charge on any atom is -0.154 e. The average Bonchev–Trinajstić information content (AvgIpc) is 2.63. The van der Waals surface area contributed by atoms with Crippen LogP contribution in [0.5, 0.6) is 0 Å². The first-order chi connectivity index (χ1) is 11.8. The molecule has 4 nitrogen and oxygen atoms in total. The Hall–Kier alpha value is -3.14. The van der Waals surface area contributed by atoms with Gasteiger partial charge in [-0.2, -0.15) is 20.5 Å². The summed E-state index contributed by atoms with van der Waals surface area (Å²) in [5, 5.41) is 17.4. The molecule has 0 amide bonds. The molecular formula is C20H18N4. The third-order valence-electron chi connectivity index (χ3n) is 3.42. The van der Waals surface area contributed by atoms with E-state index in [-0.39, 0.29) is 0 Å². The number of hydrogen-bond acceptors (Lipinski definition) is 4. The zero-order chi connectivity index (χ0) is 16.6. The third kappa shape index (κ3) is 4.43. The van der Waals surface area contributed by atoms with Gasteiger partial charge in [0.2, 0.25) is 6.17 Å². The van der Waals surface area contributed by atoms with Crippen LogP contribution in [0.15, 0.2) is 105 Å². The summed E-state index contributed by atoms with van der Waals surface area (Å²) in [5.74, 6) is 0. The predicted octanol–water partition coefficient (Wildman–Crippen LogP) is 6.56. The van der Waals surface area contributed by atoms with Gasteiger partial charge in [-0.25, -0.2) is 0 Å². The lowest BCUT2D eigenvalue weighted by Gasteiger charge is -2.05. The van der Waals surface area contributed by atoms with Gasteiger partial charge in [0.15, 0.2) is 0 Å². The van der Waals surface area contributed by atoms with Crippen LogP contribution in [0.4, 0.5) is 11.4 Å². The molecule has 1 unspecified atom stereocenters. The predicted molar refractivity (Wildman–Crippen MR) is 95.8 cm³/mol. The highest BCUT2D eigenvalue weighted by atomic mass is 15.3. The van der Waals surface area contributed by atoms with Crippen molar-refractivity contribution in [2.45, 2.75) is 13.1 Å². The Morgan fingerprint density at radius 3 is 1.88 bits per heavy atom. The lowest BCUT2D eigenvalue weighted by atomic mass is 10.2. The summed E-state index contributed by atoms with van der Waals surface area (Å²) in [6, 6.07) is 27.4. The largest absolute Gasteiger partial charge is 0.206 e. The van der Waals surface area contributed by atoms with E-state index in [9.17, 15) is 0 Å². The molecule has 0 saturated carbocycles. The highest BCUT2D eigenvalue weighted by Crippen LogP contribution is 2.24. The van der Waals surface area contributed by atoms with Crippen molar-refractivity contribution >= 4 is 11.4 Å². The van der Waals surface area contributed by atoms with E-state index < -0.39 is 6.17 Å². The van der Waals surface area contributed by atoms with Crippen molar-refractivity contribution in [1.29, 1.82) is 0 Å². The van der Waals surface area contributed by atoms with Gasteiger partial charge in [0.1, 0.15) is 0 Å². The summed E-state index contributed by atoms with van der Waals surface area (Å²) in [4.78, 5) is 0. The summed E-state index contributed by atoms with van der Waals surface area (Å²) in [6.45, 7) is 2.03. The molecule has 0 fully saturated rings. The Kier molecular flexibility index (Phi) is 5.20. The SMILES string of the molecule is Cc1cccc(N=NC(N=Nc2ccccc2)c2ccccc2)c1. The normalized spacial score (nSPS) is 12.7. The van der Waals surface area contributed by atoms with Gasteiger partial charge in [-0.05, 0) is 36.8 Å². The van der Waals surface area contributed by atoms with E-state index in [1.165, 1.54) is 0 Å². The number of rotatable bonds is 5. The zero-order valence-electron chi connectivity index (χ0n) is 13.4. The Labute approximate surface area is 141 Å². The highest BCUT2D eigenvalue weighted by Gasteiger charge is 2.08. The maximum atomic E-state index is 4.38. The average molecular weight is 314 g/mol. The van der Waals surface area contributed by atoms with Crippen molar-refractivity contribution in [3.05, 3.63) is 96.1 Å². The van der Waals surface area contributed by atoms with Gasteiger partial charge < -0.3 is 0 Å². The third-order valence-corrected chi connectivity index (χ3v) is 3.42. The Balaban J connectivity index is 1.86. The van der Waals surface area contributed by atoms with Gasteiger partial charge in [-0.15, -0.1) is 0 Å². The molecule has 3 aromatic rings. The van der Waals surface area contributed by atoms with E-state index in [1.54, 1.807) is 0 Å². The summed E-state index contributed by atoms with van der Waals surface area (Å²) in [5.41, 5.74) is 3.71. The molecule has 0 N–H and O–H groups in total. The van der Waals surface area contributed by atoms with Crippen LogP contribution in [-0.4, -0.2) is 0 Å². The second kappa shape index (κ2) is 7.92. The van der Waals surface area contributed by atoms with Crippen LogP contribution in [0, 0.1) is 6.92 Å². The van der Waals surface area contributed by atoms with E-state index in [4.69, 9.17) is 0 Å². The van der Waals surface area contributed by atoms with E-state index in [0.29, 0.717) is 0 Å². The van der Waals surface area contributed by atoms with Crippen LogP contribution < -0.4 is 0 Å². The number of hydrogen-bond donors (Lipinski definition) is 0. The first kappa shape index (κ1) is 15.7. The van der Waals surface area contributed by atoms with Crippen molar-refractivity contribution in [2.75, 3.05) is 0 Å². The molecule has 118 valence electrons. The van der Waals surface area contributed by atoms with Gasteiger partial charge in [0, 0.05) is 5.56 Å². The molecule has 0 bridgehead atoms. The molecule has 4 heteroatoms. The molecule has 0 spiro atoms. The standard InChI is InChI=1S/C20H18N4/c1-16-9-8-14-19(15-16)22-24-20(17-10-4-2-5-11-17)23-21-18-12-6-3-7-13-18/h2-15,20H,1H3. The summed E-state index contributed by atoms with van der Waals surface area (Å²) < 4.78 is 0. The van der Waals surface area contributed by atoms with E-state index in [2.05, 4.69) is 20.5 Å². The number of nitrogens with zero attached hydrogens (tertiary/aromatic N) is 4. The lowest BCUT2D eigenvalue weighted by Crippen LogP contribution is -1.89. The highest BCUT2D eigenvalue weighted by molar-refractivity contribution is 5.39. The van der Waals surface area contributed by atoms with Crippen molar-refractivity contribution in [1.82, 2.24) is 0 Å². The molecule has 0 aliphatic heterocycles. The second-order valence-corrected chi connectivity index (χ2v) is 5.39. The van der Waals surface area contributed by atoms with Crippen LogP contribution in [0.3, 0.4) is 0 Å². The maximum Gasteiger partial charge on any atom is 0.206 e. The first-order valence-electron chi connectivity index (χ1n) is 7.80. The number of benzene rings is 3. The van der Waals surface area contributed by atoms with E-state index >= 15 is 0 Å². The molecule has 0 aromatic heterocycles. The van der Waals surface area contributed by atoms with Crippen LogP contribution in [0.25, 0.3) is 0 Å². The fourth-order valence-electron chi connectivity index (χ4n) is 2.21. The van der Waals surface area contributed by atoms with Crippen LogP contribution in [0.2, 0.25) is 0 Å². The minimum atomic E-state index is -0.466. The number of aryl methyl sites for hydroxylation is 1. The van der Waals surface area contributed by atoms with Crippen molar-refractivity contribution in [2.24, 2.45) is 20.5 Å². The molecule has 0 aliphatic carbocycles. The van der Waals surface area contributed by atoms with Crippen molar-refractivity contribution < 1.29 is 0 Å². The van der Waals surface area contributed by atoms with Gasteiger partial charge in [-0.1, -0.05) is 60.7 Å². The lowest BCUT2D eigenvalue weighted by molar-refractivity contribution is 0.689. The fraction of sp³-hybridized carbons (Fsp3) is 0.100. The van der Waals surface area contributed by atoms with Crippen LogP contribution in [0.1, 0.15) is 17.3 Å². The van der Waals surface area contributed by atoms with Crippen molar-refractivity contribution in [3.63, 3.8) is 0 Å². The molecular weight excluding hydrogens is 296 g/mol. The Morgan fingerprint density at radius 1 is 0.625 bits per heavy atom. The topological polar surface area (TPSA) is 49.4 Å². The summed E-state index contributed by atoms with van der Waals surface area (Å²) >= 11 is 0. The molecule has 3 aromatic carbocycles. The molecule has 1 atom stereocenters. The van der Waals surface area contributed by atoms with Gasteiger partial charge in [0.05, 0.1) is 11.4 Å². The summed E-state index contributed by atoms with van der Waals surface area (Å²) in [6.07, 6.45) is -0.466. The molecule has 0 aliphatic rings. The van der Waals surface area contributed by atoms with Gasteiger partial charge in [-0.3, -0.25) is 0 Å². The van der Waals surface area contributed by atoms with Crippen molar-refractivity contribution in [3.8, 4) is 0 Å². The smallest absolute Gasteiger partial charge is 0.154 e. The second-order valence-electron chi connectivity index (χ2n) is 5.39.